The van der Waals surface area contributed by atoms with Gasteiger partial charge in [0, 0.05) is 6.04 Å². The van der Waals surface area contributed by atoms with Crippen molar-refractivity contribution in [2.75, 3.05) is 5.32 Å². The Bertz CT molecular complexity index is 265. The fraction of sp³-hybridized carbons (Fsp3) is 0.667. The van der Waals surface area contributed by atoms with Crippen molar-refractivity contribution in [1.29, 1.82) is 0 Å². The lowest BCUT2D eigenvalue weighted by Crippen LogP contribution is -2.17. The minimum atomic E-state index is 0.558. The molecule has 0 amide bonds. The first-order chi connectivity index (χ1) is 5.77. The molecule has 1 aliphatic rings. The van der Waals surface area contributed by atoms with Crippen molar-refractivity contribution in [2.24, 2.45) is 5.92 Å². The molecule has 1 N–H and O–H groups in total. The molecule has 3 heteroatoms. The maximum Gasteiger partial charge on any atom is 0.147 e. The third-order valence-corrected chi connectivity index (χ3v) is 2.46. The van der Waals surface area contributed by atoms with Gasteiger partial charge in [0.15, 0.2) is 0 Å². The summed E-state index contributed by atoms with van der Waals surface area (Å²) in [7, 11) is 0. The van der Waals surface area contributed by atoms with Gasteiger partial charge in [-0.3, -0.25) is 0 Å². The molecule has 12 heavy (non-hydrogen) atoms. The van der Waals surface area contributed by atoms with Gasteiger partial charge in [0.25, 0.3) is 0 Å². The number of anilines is 1. The summed E-state index contributed by atoms with van der Waals surface area (Å²) in [5.74, 6) is 0.860. The van der Waals surface area contributed by atoms with Crippen LogP contribution >= 0.6 is 0 Å². The lowest BCUT2D eigenvalue weighted by atomic mass is 10.2. The molecule has 1 fully saturated rings. The number of hydrogen-bond donors (Lipinski definition) is 1. The molecule has 0 spiro atoms. The van der Waals surface area contributed by atoms with Crippen LogP contribution in [0, 0.1) is 12.8 Å². The maximum absolute atomic E-state index is 4.83. The van der Waals surface area contributed by atoms with Gasteiger partial charge in [-0.25, -0.2) is 0 Å². The molecule has 0 bridgehead atoms. The zero-order valence-electron chi connectivity index (χ0n) is 7.50. The van der Waals surface area contributed by atoms with Crippen LogP contribution in [0.4, 0.5) is 5.69 Å². The largest absolute Gasteiger partial charge is 0.378 e. The number of rotatable bonds is 3. The number of aromatic nitrogens is 1. The van der Waals surface area contributed by atoms with E-state index in [1.807, 2.05) is 6.92 Å². The van der Waals surface area contributed by atoms with E-state index >= 15 is 0 Å². The Hall–Kier alpha value is -0.990. The Kier molecular flexibility index (Phi) is 1.79. The van der Waals surface area contributed by atoms with E-state index in [4.69, 9.17) is 4.52 Å². The van der Waals surface area contributed by atoms with Crippen molar-refractivity contribution in [3.63, 3.8) is 0 Å². The second kappa shape index (κ2) is 2.81. The van der Waals surface area contributed by atoms with Gasteiger partial charge in [0.05, 0.1) is 5.69 Å². The highest BCUT2D eigenvalue weighted by atomic mass is 16.5. The lowest BCUT2D eigenvalue weighted by molar-refractivity contribution is 0.415. The van der Waals surface area contributed by atoms with Crippen LogP contribution in [0.25, 0.3) is 0 Å². The van der Waals surface area contributed by atoms with Crippen molar-refractivity contribution in [3.8, 4) is 0 Å². The molecule has 1 aromatic rings. The van der Waals surface area contributed by atoms with Crippen LogP contribution < -0.4 is 5.32 Å². The zero-order chi connectivity index (χ0) is 8.55. The minimum absolute atomic E-state index is 0.558. The Morgan fingerprint density at radius 2 is 2.42 bits per heavy atom. The zero-order valence-corrected chi connectivity index (χ0v) is 7.50. The summed E-state index contributed by atoms with van der Waals surface area (Å²) >= 11 is 0. The fourth-order valence-electron chi connectivity index (χ4n) is 1.39. The molecule has 1 aromatic heterocycles. The molecular formula is C9H14N2O. The Balaban J connectivity index is 1.97. The molecule has 66 valence electrons. The lowest BCUT2D eigenvalue weighted by Gasteiger charge is -2.11. The molecule has 3 nitrogen and oxygen atoms in total. The standard InChI is InChI=1S/C9H14N2O/c1-6(8-3-4-8)10-9-5-12-11-7(9)2/h5-6,8,10H,3-4H2,1-2H3/t6-/m0/s1. The minimum Gasteiger partial charge on any atom is -0.378 e. The summed E-state index contributed by atoms with van der Waals surface area (Å²) in [5, 5.41) is 7.21. The SMILES string of the molecule is Cc1nocc1N[C@@H](C)C1CC1. The van der Waals surface area contributed by atoms with Crippen LogP contribution in [0.1, 0.15) is 25.5 Å². The normalized spacial score (nSPS) is 19.2. The van der Waals surface area contributed by atoms with Gasteiger partial charge in [-0.15, -0.1) is 0 Å². The molecule has 1 aliphatic carbocycles. The van der Waals surface area contributed by atoms with Crippen molar-refractivity contribution >= 4 is 5.69 Å². The van der Waals surface area contributed by atoms with Gasteiger partial charge in [-0.2, -0.15) is 0 Å². The maximum atomic E-state index is 4.83. The Labute approximate surface area is 72.1 Å². The number of nitrogens with zero attached hydrogens (tertiary/aromatic N) is 1. The average Bonchev–Trinajstić information content (AvgIpc) is 2.80. The van der Waals surface area contributed by atoms with E-state index < -0.39 is 0 Å². The predicted molar refractivity (Wildman–Crippen MR) is 47.0 cm³/mol. The van der Waals surface area contributed by atoms with Crippen molar-refractivity contribution in [1.82, 2.24) is 5.16 Å². The summed E-state index contributed by atoms with van der Waals surface area (Å²) in [6, 6.07) is 0.558. The van der Waals surface area contributed by atoms with E-state index in [1.165, 1.54) is 12.8 Å². The van der Waals surface area contributed by atoms with Crippen molar-refractivity contribution in [2.45, 2.75) is 32.7 Å². The van der Waals surface area contributed by atoms with E-state index in [2.05, 4.69) is 17.4 Å². The van der Waals surface area contributed by atoms with Crippen LogP contribution in [-0.2, 0) is 0 Å². The molecule has 0 saturated heterocycles. The van der Waals surface area contributed by atoms with Crippen LogP contribution in [0.3, 0.4) is 0 Å². The highest BCUT2D eigenvalue weighted by molar-refractivity contribution is 5.44. The van der Waals surface area contributed by atoms with Crippen molar-refractivity contribution in [3.05, 3.63) is 12.0 Å². The predicted octanol–water partition coefficient (Wildman–Crippen LogP) is 2.19. The quantitative estimate of drug-likeness (QED) is 0.748. The van der Waals surface area contributed by atoms with Crippen LogP contribution in [0.5, 0.6) is 0 Å². The highest BCUT2D eigenvalue weighted by Gasteiger charge is 2.28. The summed E-state index contributed by atoms with van der Waals surface area (Å²) in [6.07, 6.45) is 4.39. The smallest absolute Gasteiger partial charge is 0.147 e. The molecular weight excluding hydrogens is 152 g/mol. The molecule has 1 heterocycles. The van der Waals surface area contributed by atoms with E-state index in [-0.39, 0.29) is 0 Å². The first-order valence-corrected chi connectivity index (χ1v) is 4.45. The third kappa shape index (κ3) is 1.44. The summed E-state index contributed by atoms with van der Waals surface area (Å²) in [6.45, 7) is 4.16. The summed E-state index contributed by atoms with van der Waals surface area (Å²) < 4.78 is 4.83. The van der Waals surface area contributed by atoms with E-state index in [0.717, 1.165) is 17.3 Å². The van der Waals surface area contributed by atoms with E-state index in [9.17, 15) is 0 Å². The van der Waals surface area contributed by atoms with E-state index in [1.54, 1.807) is 6.26 Å². The number of hydrogen-bond acceptors (Lipinski definition) is 3. The first kappa shape index (κ1) is 7.65. The summed E-state index contributed by atoms with van der Waals surface area (Å²) in [4.78, 5) is 0. The average molecular weight is 166 g/mol. The van der Waals surface area contributed by atoms with Gasteiger partial charge in [0.2, 0.25) is 0 Å². The van der Waals surface area contributed by atoms with Crippen LogP contribution in [0.2, 0.25) is 0 Å². The Morgan fingerprint density at radius 1 is 1.67 bits per heavy atom. The summed E-state index contributed by atoms with van der Waals surface area (Å²) in [5.41, 5.74) is 1.98. The van der Waals surface area contributed by atoms with Gasteiger partial charge in [-0.05, 0) is 32.6 Å². The molecule has 0 unspecified atom stereocenters. The molecule has 0 radical (unpaired) electrons. The second-order valence-corrected chi connectivity index (χ2v) is 3.58. The van der Waals surface area contributed by atoms with E-state index in [0.29, 0.717) is 6.04 Å². The van der Waals surface area contributed by atoms with Gasteiger partial charge in [0.1, 0.15) is 12.0 Å². The van der Waals surface area contributed by atoms with Gasteiger partial charge >= 0.3 is 0 Å². The molecule has 0 aromatic carbocycles. The molecule has 0 aliphatic heterocycles. The monoisotopic (exact) mass is 166 g/mol. The van der Waals surface area contributed by atoms with Crippen molar-refractivity contribution < 1.29 is 4.52 Å². The third-order valence-electron chi connectivity index (χ3n) is 2.46. The van der Waals surface area contributed by atoms with Gasteiger partial charge < -0.3 is 9.84 Å². The van der Waals surface area contributed by atoms with Crippen LogP contribution in [-0.4, -0.2) is 11.2 Å². The fourth-order valence-corrected chi connectivity index (χ4v) is 1.39. The second-order valence-electron chi connectivity index (χ2n) is 3.58. The molecule has 2 rings (SSSR count). The van der Waals surface area contributed by atoms with Gasteiger partial charge in [-0.1, -0.05) is 5.16 Å². The van der Waals surface area contributed by atoms with Crippen LogP contribution in [0.15, 0.2) is 10.8 Å². The Morgan fingerprint density at radius 3 is 2.92 bits per heavy atom. The molecule has 1 atom stereocenters. The first-order valence-electron chi connectivity index (χ1n) is 4.45. The topological polar surface area (TPSA) is 38.1 Å². The molecule has 1 saturated carbocycles. The number of nitrogens with one attached hydrogen (secondary N) is 1. The highest BCUT2D eigenvalue weighted by Crippen LogP contribution is 2.34. The number of aryl methyl sites for hydroxylation is 1.